The molecule has 4 heteroatoms. The molecule has 0 rings (SSSR count). The fraction of sp³-hybridized carbons (Fsp3) is 1.00. The van der Waals surface area contributed by atoms with Gasteiger partial charge >= 0.3 is 0 Å². The number of hydrogen-bond acceptors (Lipinski definition) is 3. The third-order valence-electron chi connectivity index (χ3n) is 1.56. The molecule has 0 bridgehead atoms. The Bertz CT molecular complexity index is 130. The normalized spacial score (nSPS) is 12.4. The lowest BCUT2D eigenvalue weighted by Gasteiger charge is -2.19. The summed E-state index contributed by atoms with van der Waals surface area (Å²) < 4.78 is 0. The highest BCUT2D eigenvalue weighted by atomic mass is 35.5. The van der Waals surface area contributed by atoms with Crippen LogP contribution in [-0.2, 0) is 0 Å². The Kier molecular flexibility index (Phi) is 7.84. The van der Waals surface area contributed by atoms with Crippen LogP contribution in [0.25, 0.3) is 0 Å². The van der Waals surface area contributed by atoms with Crippen molar-refractivity contribution in [2.24, 2.45) is 10.8 Å². The van der Waals surface area contributed by atoms with E-state index in [2.05, 4.69) is 0 Å². The lowest BCUT2D eigenvalue weighted by atomic mass is 9.96. The summed E-state index contributed by atoms with van der Waals surface area (Å²) in [6.45, 7) is 9.28. The van der Waals surface area contributed by atoms with Crippen molar-refractivity contribution in [3.05, 3.63) is 0 Å². The molecule has 0 fully saturated rings. The zero-order valence-electron chi connectivity index (χ0n) is 9.71. The van der Waals surface area contributed by atoms with Gasteiger partial charge in [0.05, 0.1) is 0 Å². The summed E-state index contributed by atoms with van der Waals surface area (Å²) in [6, 6.07) is 0. The number of aliphatic hydroxyl groups excluding tert-OH is 2. The minimum absolute atomic E-state index is 0.0957. The molecule has 0 heterocycles. The molecule has 0 aliphatic heterocycles. The van der Waals surface area contributed by atoms with Crippen LogP contribution in [0, 0.1) is 10.8 Å². The molecule has 0 aromatic carbocycles. The zero-order chi connectivity index (χ0) is 12.0. The second-order valence-corrected chi connectivity index (χ2v) is 5.46. The second kappa shape index (κ2) is 6.62. The van der Waals surface area contributed by atoms with E-state index in [0.717, 1.165) is 0 Å². The van der Waals surface area contributed by atoms with Crippen molar-refractivity contribution < 1.29 is 15.3 Å². The quantitative estimate of drug-likeness (QED) is 0.495. The summed E-state index contributed by atoms with van der Waals surface area (Å²) in [5, 5.41) is 25.4. The Morgan fingerprint density at radius 3 is 1.36 bits per heavy atom. The van der Waals surface area contributed by atoms with Crippen LogP contribution < -0.4 is 0 Å². The van der Waals surface area contributed by atoms with Crippen molar-refractivity contribution in [3.8, 4) is 0 Å². The first-order chi connectivity index (χ1) is 6.06. The number of halogens is 1. The lowest BCUT2D eigenvalue weighted by molar-refractivity contribution is -0.113. The predicted octanol–water partition coefficient (Wildman–Crippen LogP) is 1.59. The minimum atomic E-state index is -1.20. The van der Waals surface area contributed by atoms with Crippen LogP contribution in [0.5, 0.6) is 0 Å². The van der Waals surface area contributed by atoms with Crippen LogP contribution in [-0.4, -0.2) is 34.1 Å². The van der Waals surface area contributed by atoms with Gasteiger partial charge in [0.25, 0.3) is 0 Å². The third kappa shape index (κ3) is 10.3. The molecule has 0 amide bonds. The first-order valence-electron chi connectivity index (χ1n) is 4.60. The molecule has 0 spiro atoms. The molecule has 3 nitrogen and oxygen atoms in total. The molecular weight excluding hydrogens is 204 g/mol. The highest BCUT2D eigenvalue weighted by Gasteiger charge is 2.18. The molecule has 0 aromatic heterocycles. The summed E-state index contributed by atoms with van der Waals surface area (Å²) in [5.41, 5.74) is -0.485. The summed E-state index contributed by atoms with van der Waals surface area (Å²) in [5.74, 6) is 0.517. The van der Waals surface area contributed by atoms with E-state index in [1.807, 2.05) is 13.8 Å². The van der Waals surface area contributed by atoms with Crippen molar-refractivity contribution >= 4 is 11.6 Å². The van der Waals surface area contributed by atoms with E-state index in [-0.39, 0.29) is 17.4 Å². The molecule has 0 atom stereocenters. The molecule has 0 unspecified atom stereocenters. The molecule has 88 valence electrons. The molecule has 14 heavy (non-hydrogen) atoms. The minimum Gasteiger partial charge on any atom is -0.396 e. The van der Waals surface area contributed by atoms with Crippen molar-refractivity contribution in [1.29, 1.82) is 0 Å². The standard InChI is InChI=1S/C5H11ClO.C5H12O2/c1-5(2,3-6)4-7;1-5(2,3)4(6)7/h7H,3-4H2,1-2H3;4,6-7H,1-3H3. The maximum Gasteiger partial charge on any atom is 0.156 e. The van der Waals surface area contributed by atoms with E-state index in [0.29, 0.717) is 5.88 Å². The lowest BCUT2D eigenvalue weighted by Crippen LogP contribution is -2.24. The highest BCUT2D eigenvalue weighted by molar-refractivity contribution is 6.18. The van der Waals surface area contributed by atoms with Crippen molar-refractivity contribution in [3.63, 3.8) is 0 Å². The molecule has 0 aliphatic carbocycles. The van der Waals surface area contributed by atoms with E-state index >= 15 is 0 Å². The highest BCUT2D eigenvalue weighted by Crippen LogP contribution is 2.15. The third-order valence-corrected chi connectivity index (χ3v) is 2.29. The Morgan fingerprint density at radius 1 is 1.07 bits per heavy atom. The summed E-state index contributed by atoms with van der Waals surface area (Å²) in [6.07, 6.45) is -1.20. The van der Waals surface area contributed by atoms with Gasteiger partial charge in [-0.15, -0.1) is 11.6 Å². The molecule has 0 aromatic rings. The van der Waals surface area contributed by atoms with E-state index in [1.165, 1.54) is 0 Å². The van der Waals surface area contributed by atoms with Gasteiger partial charge in [0.1, 0.15) is 0 Å². The maximum atomic E-state index is 8.51. The molecular formula is C10H23ClO3. The predicted molar refractivity (Wildman–Crippen MR) is 59.3 cm³/mol. The first-order valence-corrected chi connectivity index (χ1v) is 5.13. The Morgan fingerprint density at radius 2 is 1.36 bits per heavy atom. The molecule has 3 N–H and O–H groups in total. The number of hydrogen-bond donors (Lipinski definition) is 3. The van der Waals surface area contributed by atoms with Crippen molar-refractivity contribution in [2.75, 3.05) is 12.5 Å². The topological polar surface area (TPSA) is 60.7 Å². The van der Waals surface area contributed by atoms with E-state index in [9.17, 15) is 0 Å². The van der Waals surface area contributed by atoms with Crippen molar-refractivity contribution in [2.45, 2.75) is 40.9 Å². The maximum absolute atomic E-state index is 8.51. The van der Waals surface area contributed by atoms with Crippen LogP contribution >= 0.6 is 11.6 Å². The van der Waals surface area contributed by atoms with Gasteiger partial charge in [-0.3, -0.25) is 0 Å². The number of rotatable bonds is 2. The summed E-state index contributed by atoms with van der Waals surface area (Å²) in [7, 11) is 0. The van der Waals surface area contributed by atoms with Gasteiger partial charge in [-0.25, -0.2) is 0 Å². The van der Waals surface area contributed by atoms with Gasteiger partial charge in [0.15, 0.2) is 6.29 Å². The first kappa shape index (κ1) is 16.6. The van der Waals surface area contributed by atoms with Gasteiger partial charge in [-0.05, 0) is 0 Å². The fourth-order valence-corrected chi connectivity index (χ4v) is 0.127. The van der Waals surface area contributed by atoms with Gasteiger partial charge < -0.3 is 15.3 Å². The Balaban J connectivity index is 0. The molecule has 0 radical (unpaired) electrons. The van der Waals surface area contributed by atoms with Crippen LogP contribution in [0.15, 0.2) is 0 Å². The fourth-order valence-electron chi connectivity index (χ4n) is 0.0423. The smallest absolute Gasteiger partial charge is 0.156 e. The monoisotopic (exact) mass is 226 g/mol. The van der Waals surface area contributed by atoms with E-state index < -0.39 is 6.29 Å². The molecule has 0 saturated heterocycles. The number of alkyl halides is 1. The molecule has 0 aliphatic rings. The second-order valence-electron chi connectivity index (χ2n) is 5.20. The summed E-state index contributed by atoms with van der Waals surface area (Å²) in [4.78, 5) is 0. The van der Waals surface area contributed by atoms with E-state index in [4.69, 9.17) is 26.9 Å². The Hall–Kier alpha value is 0.170. The zero-order valence-corrected chi connectivity index (χ0v) is 10.5. The average Bonchev–Trinajstić information content (AvgIpc) is 2.04. The molecule has 0 saturated carbocycles. The average molecular weight is 227 g/mol. The van der Waals surface area contributed by atoms with Gasteiger partial charge in [0, 0.05) is 23.3 Å². The van der Waals surface area contributed by atoms with Crippen LogP contribution in [0.1, 0.15) is 34.6 Å². The van der Waals surface area contributed by atoms with Crippen LogP contribution in [0.4, 0.5) is 0 Å². The van der Waals surface area contributed by atoms with Gasteiger partial charge in [-0.1, -0.05) is 34.6 Å². The van der Waals surface area contributed by atoms with E-state index in [1.54, 1.807) is 20.8 Å². The number of aliphatic hydroxyl groups is 3. The van der Waals surface area contributed by atoms with Gasteiger partial charge in [0.2, 0.25) is 0 Å². The largest absolute Gasteiger partial charge is 0.396 e. The van der Waals surface area contributed by atoms with Crippen molar-refractivity contribution in [1.82, 2.24) is 0 Å². The summed E-state index contributed by atoms with van der Waals surface area (Å²) >= 11 is 5.43. The Labute approximate surface area is 91.7 Å². The van der Waals surface area contributed by atoms with Crippen LogP contribution in [0.3, 0.4) is 0 Å². The van der Waals surface area contributed by atoms with Crippen LogP contribution in [0.2, 0.25) is 0 Å². The van der Waals surface area contributed by atoms with Gasteiger partial charge in [-0.2, -0.15) is 0 Å². The SMILES string of the molecule is CC(C)(C)C(O)O.CC(C)(CO)CCl.